The molecule has 0 aromatic heterocycles. The Morgan fingerprint density at radius 2 is 2.00 bits per heavy atom. The Balaban J connectivity index is 2.34. The number of nitrogens with zero attached hydrogens (tertiary/aromatic N) is 1. The first-order valence-corrected chi connectivity index (χ1v) is 6.89. The molecule has 1 fully saturated rings. The van der Waals surface area contributed by atoms with Crippen LogP contribution in [-0.2, 0) is 4.79 Å². The van der Waals surface area contributed by atoms with Crippen LogP contribution in [0.5, 0.6) is 0 Å². The van der Waals surface area contributed by atoms with Gasteiger partial charge in [-0.2, -0.15) is 0 Å². The Kier molecular flexibility index (Phi) is 4.98. The first-order chi connectivity index (χ1) is 6.20. The zero-order chi connectivity index (χ0) is 9.68. The van der Waals surface area contributed by atoms with Gasteiger partial charge in [0.2, 0.25) is 0 Å². The molecule has 0 aromatic rings. The molecule has 0 aliphatic carbocycles. The number of rotatable bonds is 3. The van der Waals surface area contributed by atoms with Gasteiger partial charge in [0.25, 0.3) is 0 Å². The zero-order valence-electron chi connectivity index (χ0n) is 7.73. The Morgan fingerprint density at radius 1 is 1.46 bits per heavy atom. The normalized spacial score (nSPS) is 22.2. The van der Waals surface area contributed by atoms with Crippen molar-refractivity contribution in [1.29, 1.82) is 0 Å². The van der Waals surface area contributed by atoms with Crippen LogP contribution < -0.4 is 0 Å². The number of carbonyl (C=O) groups is 1. The molecule has 1 aliphatic heterocycles. The monoisotopic (exact) mass is 221 g/mol. The summed E-state index contributed by atoms with van der Waals surface area (Å²) >= 11 is 0. The van der Waals surface area contributed by atoms with E-state index in [1.165, 1.54) is 0 Å². The van der Waals surface area contributed by atoms with Crippen LogP contribution in [0.3, 0.4) is 0 Å². The van der Waals surface area contributed by atoms with Gasteiger partial charge >= 0.3 is 5.97 Å². The van der Waals surface area contributed by atoms with Crippen LogP contribution in [0.2, 0.25) is 0 Å². The van der Waals surface area contributed by atoms with Crippen LogP contribution in [0.15, 0.2) is 0 Å². The maximum Gasteiger partial charge on any atom is 0.304 e. The molecule has 0 amide bonds. The van der Waals surface area contributed by atoms with E-state index in [-0.39, 0.29) is 12.5 Å². The van der Waals surface area contributed by atoms with Crippen LogP contribution in [0, 0.1) is 0 Å². The predicted molar refractivity (Wildman–Crippen MR) is 58.2 cm³/mol. The van der Waals surface area contributed by atoms with Crippen molar-refractivity contribution in [1.82, 2.24) is 4.90 Å². The highest BCUT2D eigenvalue weighted by Gasteiger charge is 2.18. The van der Waals surface area contributed by atoms with Crippen molar-refractivity contribution in [2.45, 2.75) is 19.4 Å². The molecule has 1 unspecified atom stereocenters. The highest BCUT2D eigenvalue weighted by molar-refractivity contribution is 8.76. The van der Waals surface area contributed by atoms with Crippen molar-refractivity contribution in [3.8, 4) is 0 Å². The minimum absolute atomic E-state index is 0.178. The van der Waals surface area contributed by atoms with E-state index in [1.807, 2.05) is 28.5 Å². The standard InChI is InChI=1S/C8H15NO2S2/c1-7(6-8(10)11)9-2-4-12-13-5-3-9/h7H,2-6H2,1H3,(H,10,11). The fraction of sp³-hybridized carbons (Fsp3) is 0.875. The minimum atomic E-state index is -0.697. The lowest BCUT2D eigenvalue weighted by molar-refractivity contribution is -0.138. The van der Waals surface area contributed by atoms with Gasteiger partial charge in [0.1, 0.15) is 0 Å². The van der Waals surface area contributed by atoms with Gasteiger partial charge in [-0.05, 0) is 6.92 Å². The summed E-state index contributed by atoms with van der Waals surface area (Å²) in [6.07, 6.45) is 0.259. The summed E-state index contributed by atoms with van der Waals surface area (Å²) in [6.45, 7) is 4.03. The molecular weight excluding hydrogens is 206 g/mol. The zero-order valence-corrected chi connectivity index (χ0v) is 9.37. The van der Waals surface area contributed by atoms with Gasteiger partial charge in [-0.25, -0.2) is 0 Å². The molecular formula is C8H15NO2S2. The number of aliphatic carboxylic acids is 1. The summed E-state index contributed by atoms with van der Waals surface area (Å²) in [5.41, 5.74) is 0. The number of hydrogen-bond donors (Lipinski definition) is 1. The van der Waals surface area contributed by atoms with Crippen LogP contribution >= 0.6 is 21.6 Å². The Hall–Kier alpha value is 0.130. The molecule has 5 heteroatoms. The maximum absolute atomic E-state index is 10.5. The molecule has 1 heterocycles. The lowest BCUT2D eigenvalue weighted by atomic mass is 10.2. The van der Waals surface area contributed by atoms with E-state index in [0.29, 0.717) is 0 Å². The summed E-state index contributed by atoms with van der Waals surface area (Å²) < 4.78 is 0. The Bertz CT molecular complexity index is 170. The summed E-state index contributed by atoms with van der Waals surface area (Å²) in [6, 6.07) is 0.178. The van der Waals surface area contributed by atoms with Crippen LogP contribution in [0.4, 0.5) is 0 Å². The highest BCUT2D eigenvalue weighted by atomic mass is 33.1. The molecule has 3 nitrogen and oxygen atoms in total. The molecule has 0 aromatic carbocycles. The van der Waals surface area contributed by atoms with Crippen LogP contribution in [0.25, 0.3) is 0 Å². The van der Waals surface area contributed by atoms with Crippen molar-refractivity contribution in [3.63, 3.8) is 0 Å². The van der Waals surface area contributed by atoms with E-state index in [9.17, 15) is 4.79 Å². The first-order valence-electron chi connectivity index (χ1n) is 4.40. The fourth-order valence-corrected chi connectivity index (χ4v) is 3.37. The predicted octanol–water partition coefficient (Wildman–Crippen LogP) is 1.55. The van der Waals surface area contributed by atoms with E-state index in [1.54, 1.807) is 0 Å². The average molecular weight is 221 g/mol. The van der Waals surface area contributed by atoms with Crippen LogP contribution in [-0.4, -0.2) is 46.6 Å². The molecule has 0 spiro atoms. The van der Waals surface area contributed by atoms with E-state index in [2.05, 4.69) is 4.90 Å². The van der Waals surface area contributed by atoms with E-state index in [4.69, 9.17) is 5.11 Å². The smallest absolute Gasteiger partial charge is 0.304 e. The van der Waals surface area contributed by atoms with E-state index >= 15 is 0 Å². The van der Waals surface area contributed by atoms with E-state index < -0.39 is 5.97 Å². The van der Waals surface area contributed by atoms with Gasteiger partial charge < -0.3 is 5.11 Å². The first kappa shape index (κ1) is 11.2. The van der Waals surface area contributed by atoms with E-state index in [0.717, 1.165) is 24.6 Å². The fourth-order valence-electron chi connectivity index (χ4n) is 1.36. The third-order valence-corrected chi connectivity index (χ3v) is 4.47. The van der Waals surface area contributed by atoms with Crippen molar-refractivity contribution < 1.29 is 9.90 Å². The highest BCUT2D eigenvalue weighted by Crippen LogP contribution is 2.24. The number of hydrogen-bond acceptors (Lipinski definition) is 4. The Labute approximate surface area is 86.6 Å². The summed E-state index contributed by atoms with van der Waals surface area (Å²) in [4.78, 5) is 12.8. The average Bonchev–Trinajstić information content (AvgIpc) is 2.29. The van der Waals surface area contributed by atoms with Gasteiger partial charge in [0.05, 0.1) is 6.42 Å². The van der Waals surface area contributed by atoms with Crippen molar-refractivity contribution in [3.05, 3.63) is 0 Å². The second-order valence-electron chi connectivity index (χ2n) is 3.13. The summed E-state index contributed by atoms with van der Waals surface area (Å²) in [5.74, 6) is 1.51. The van der Waals surface area contributed by atoms with Crippen LogP contribution in [0.1, 0.15) is 13.3 Å². The van der Waals surface area contributed by atoms with Crippen molar-refractivity contribution >= 4 is 27.6 Å². The Morgan fingerprint density at radius 3 is 2.46 bits per heavy atom. The molecule has 76 valence electrons. The second kappa shape index (κ2) is 5.78. The molecule has 0 bridgehead atoms. The van der Waals surface area contributed by atoms with Gasteiger partial charge in [0.15, 0.2) is 0 Å². The summed E-state index contributed by atoms with van der Waals surface area (Å²) in [5, 5.41) is 8.65. The molecule has 13 heavy (non-hydrogen) atoms. The molecule has 0 radical (unpaired) electrons. The van der Waals surface area contributed by atoms with Crippen molar-refractivity contribution in [2.24, 2.45) is 0 Å². The lowest BCUT2D eigenvalue weighted by Gasteiger charge is -2.25. The number of carboxylic acid groups (broad SMARTS) is 1. The molecule has 1 atom stereocenters. The topological polar surface area (TPSA) is 40.5 Å². The van der Waals surface area contributed by atoms with Gasteiger partial charge in [-0.1, -0.05) is 21.6 Å². The summed E-state index contributed by atoms with van der Waals surface area (Å²) in [7, 11) is 3.77. The van der Waals surface area contributed by atoms with Gasteiger partial charge in [0, 0.05) is 30.6 Å². The molecule has 1 N–H and O–H groups in total. The van der Waals surface area contributed by atoms with Gasteiger partial charge in [-0.15, -0.1) is 0 Å². The molecule has 1 aliphatic rings. The third kappa shape index (κ3) is 4.24. The largest absolute Gasteiger partial charge is 0.481 e. The molecule has 1 saturated heterocycles. The van der Waals surface area contributed by atoms with Gasteiger partial charge in [-0.3, -0.25) is 9.69 Å². The van der Waals surface area contributed by atoms with Crippen molar-refractivity contribution in [2.75, 3.05) is 24.6 Å². The molecule has 1 rings (SSSR count). The SMILES string of the molecule is CC(CC(=O)O)N1CCSSCC1. The quantitative estimate of drug-likeness (QED) is 0.732. The molecule has 0 saturated carbocycles. The minimum Gasteiger partial charge on any atom is -0.481 e. The number of carboxylic acids is 1. The maximum atomic E-state index is 10.5. The third-order valence-electron chi connectivity index (χ3n) is 2.10. The second-order valence-corrected chi connectivity index (χ2v) is 5.83. The lowest BCUT2D eigenvalue weighted by Crippen LogP contribution is -2.37.